The van der Waals surface area contributed by atoms with Crippen LogP contribution in [0, 0.1) is 5.41 Å². The molecule has 1 saturated heterocycles. The van der Waals surface area contributed by atoms with E-state index in [1.165, 1.54) is 0 Å². The average Bonchev–Trinajstić information content (AvgIpc) is 2.96. The molecule has 1 aliphatic rings. The van der Waals surface area contributed by atoms with Crippen molar-refractivity contribution in [3.63, 3.8) is 0 Å². The van der Waals surface area contributed by atoms with Crippen LogP contribution in [0.1, 0.15) is 22.8 Å². The molecule has 1 aromatic heterocycles. The topological polar surface area (TPSA) is 81.2 Å². The highest BCUT2D eigenvalue weighted by atomic mass is 16.2. The van der Waals surface area contributed by atoms with Gasteiger partial charge in [-0.1, -0.05) is 12.1 Å². The van der Waals surface area contributed by atoms with E-state index in [4.69, 9.17) is 5.73 Å². The molecule has 114 valence electrons. The van der Waals surface area contributed by atoms with Crippen LogP contribution in [0.15, 0.2) is 43.0 Å². The van der Waals surface area contributed by atoms with E-state index in [1.54, 1.807) is 30.4 Å². The number of primary amides is 1. The summed E-state index contributed by atoms with van der Waals surface area (Å²) in [4.78, 5) is 29.4. The van der Waals surface area contributed by atoms with Gasteiger partial charge in [0.05, 0.1) is 11.7 Å². The Kier molecular flexibility index (Phi) is 3.44. The largest absolute Gasteiger partial charge is 0.369 e. The average molecular weight is 298 g/mol. The fraction of sp³-hybridized carbons (Fsp3) is 0.312. The van der Waals surface area contributed by atoms with Crippen LogP contribution in [0.3, 0.4) is 0 Å². The Morgan fingerprint density at radius 3 is 2.77 bits per heavy atom. The lowest BCUT2D eigenvalue weighted by molar-refractivity contribution is -0.134. The SMILES string of the molecule is CC1(C(N)=O)CN(C(=O)c2cccc(Cn3ccnc3)c2)C1. The lowest BCUT2D eigenvalue weighted by Crippen LogP contribution is -2.62. The Morgan fingerprint density at radius 1 is 1.36 bits per heavy atom. The first-order valence-electron chi connectivity index (χ1n) is 7.12. The van der Waals surface area contributed by atoms with E-state index in [9.17, 15) is 9.59 Å². The minimum atomic E-state index is -0.593. The number of carbonyl (C=O) groups excluding carboxylic acids is 2. The molecule has 6 heteroatoms. The Hall–Kier alpha value is -2.63. The Balaban J connectivity index is 1.70. The summed E-state index contributed by atoms with van der Waals surface area (Å²) in [5.74, 6) is -0.420. The van der Waals surface area contributed by atoms with Crippen LogP contribution in [-0.4, -0.2) is 39.4 Å². The van der Waals surface area contributed by atoms with Crippen LogP contribution in [0.4, 0.5) is 0 Å². The van der Waals surface area contributed by atoms with Gasteiger partial charge in [-0.2, -0.15) is 0 Å². The first-order valence-corrected chi connectivity index (χ1v) is 7.12. The number of nitrogens with zero attached hydrogens (tertiary/aromatic N) is 3. The molecule has 2 heterocycles. The van der Waals surface area contributed by atoms with Gasteiger partial charge in [-0.25, -0.2) is 4.98 Å². The third kappa shape index (κ3) is 2.59. The molecule has 0 unspecified atom stereocenters. The minimum absolute atomic E-state index is 0.0637. The van der Waals surface area contributed by atoms with Gasteiger partial charge in [0, 0.05) is 37.6 Å². The fourth-order valence-corrected chi connectivity index (χ4v) is 2.67. The molecule has 0 spiro atoms. The Bertz CT molecular complexity index is 703. The number of nitrogens with two attached hydrogens (primary N) is 1. The van der Waals surface area contributed by atoms with Crippen LogP contribution in [0.5, 0.6) is 0 Å². The van der Waals surface area contributed by atoms with Crippen LogP contribution >= 0.6 is 0 Å². The summed E-state index contributed by atoms with van der Waals surface area (Å²) in [6.45, 7) is 3.22. The van der Waals surface area contributed by atoms with Gasteiger partial charge in [-0.3, -0.25) is 9.59 Å². The highest BCUT2D eigenvalue weighted by molar-refractivity contribution is 5.96. The van der Waals surface area contributed by atoms with Crippen molar-refractivity contribution in [2.24, 2.45) is 11.1 Å². The molecule has 0 bridgehead atoms. The maximum Gasteiger partial charge on any atom is 0.253 e. The summed E-state index contributed by atoms with van der Waals surface area (Å²) >= 11 is 0. The molecule has 0 saturated carbocycles. The van der Waals surface area contributed by atoms with Gasteiger partial charge in [0.1, 0.15) is 0 Å². The number of likely N-dealkylation sites (tertiary alicyclic amines) is 1. The summed E-state index contributed by atoms with van der Waals surface area (Å²) in [6.07, 6.45) is 5.34. The van der Waals surface area contributed by atoms with Crippen molar-refractivity contribution in [3.05, 3.63) is 54.1 Å². The lowest BCUT2D eigenvalue weighted by Gasteiger charge is -2.45. The fourth-order valence-electron chi connectivity index (χ4n) is 2.67. The van der Waals surface area contributed by atoms with Crippen molar-refractivity contribution in [3.8, 4) is 0 Å². The zero-order valence-electron chi connectivity index (χ0n) is 12.4. The summed E-state index contributed by atoms with van der Waals surface area (Å²) in [5, 5.41) is 0. The lowest BCUT2D eigenvalue weighted by atomic mass is 9.81. The second kappa shape index (κ2) is 5.29. The zero-order valence-corrected chi connectivity index (χ0v) is 12.4. The van der Waals surface area contributed by atoms with Crippen LogP contribution < -0.4 is 5.73 Å². The van der Waals surface area contributed by atoms with Gasteiger partial charge in [0.2, 0.25) is 5.91 Å². The van der Waals surface area contributed by atoms with E-state index < -0.39 is 5.41 Å². The van der Waals surface area contributed by atoms with E-state index >= 15 is 0 Å². The molecule has 3 rings (SSSR count). The van der Waals surface area contributed by atoms with Gasteiger partial charge in [-0.05, 0) is 24.6 Å². The van der Waals surface area contributed by atoms with Gasteiger partial charge in [-0.15, -0.1) is 0 Å². The molecular weight excluding hydrogens is 280 g/mol. The Morgan fingerprint density at radius 2 is 2.14 bits per heavy atom. The van der Waals surface area contributed by atoms with E-state index in [0.717, 1.165) is 5.56 Å². The van der Waals surface area contributed by atoms with Crippen LogP contribution in [0.25, 0.3) is 0 Å². The van der Waals surface area contributed by atoms with Crippen LogP contribution in [-0.2, 0) is 11.3 Å². The maximum absolute atomic E-state index is 12.4. The smallest absolute Gasteiger partial charge is 0.253 e. The molecule has 6 nitrogen and oxygen atoms in total. The first-order chi connectivity index (χ1) is 10.5. The number of imidazole rings is 1. The van der Waals surface area contributed by atoms with E-state index in [2.05, 4.69) is 4.98 Å². The second-order valence-corrected chi connectivity index (χ2v) is 6.02. The number of carbonyl (C=O) groups is 2. The molecule has 1 aromatic carbocycles. The van der Waals surface area contributed by atoms with E-state index in [-0.39, 0.29) is 11.8 Å². The number of amides is 2. The van der Waals surface area contributed by atoms with Crippen molar-refractivity contribution < 1.29 is 9.59 Å². The van der Waals surface area contributed by atoms with Crippen molar-refractivity contribution in [2.45, 2.75) is 13.5 Å². The first kappa shape index (κ1) is 14.3. The van der Waals surface area contributed by atoms with E-state index in [0.29, 0.717) is 25.2 Å². The third-order valence-corrected chi connectivity index (χ3v) is 4.06. The van der Waals surface area contributed by atoms with Crippen molar-refractivity contribution in [2.75, 3.05) is 13.1 Å². The predicted molar refractivity (Wildman–Crippen MR) is 81.0 cm³/mol. The van der Waals surface area contributed by atoms with Crippen LogP contribution in [0.2, 0.25) is 0 Å². The third-order valence-electron chi connectivity index (χ3n) is 4.06. The van der Waals surface area contributed by atoms with Crippen molar-refractivity contribution in [1.29, 1.82) is 0 Å². The standard InChI is InChI=1S/C16H18N4O2/c1-16(15(17)22)9-20(10-16)14(21)13-4-2-3-12(7-13)8-19-6-5-18-11-19/h2-7,11H,8-10H2,1H3,(H2,17,22). The highest BCUT2D eigenvalue weighted by Gasteiger charge is 2.46. The normalized spacial score (nSPS) is 16.1. The molecule has 1 fully saturated rings. The van der Waals surface area contributed by atoms with Gasteiger partial charge in [0.15, 0.2) is 0 Å². The van der Waals surface area contributed by atoms with E-state index in [1.807, 2.05) is 29.0 Å². The number of hydrogen-bond acceptors (Lipinski definition) is 3. The molecule has 1 aliphatic heterocycles. The number of hydrogen-bond donors (Lipinski definition) is 1. The molecule has 2 N–H and O–H groups in total. The number of benzene rings is 1. The minimum Gasteiger partial charge on any atom is -0.369 e. The second-order valence-electron chi connectivity index (χ2n) is 6.02. The van der Waals surface area contributed by atoms with Gasteiger partial charge < -0.3 is 15.2 Å². The zero-order chi connectivity index (χ0) is 15.7. The van der Waals surface area contributed by atoms with Gasteiger partial charge >= 0.3 is 0 Å². The highest BCUT2D eigenvalue weighted by Crippen LogP contribution is 2.30. The van der Waals surface area contributed by atoms with Gasteiger partial charge in [0.25, 0.3) is 5.91 Å². The summed E-state index contributed by atoms with van der Waals surface area (Å²) in [5.41, 5.74) is 6.41. The molecule has 2 amide bonds. The predicted octanol–water partition coefficient (Wildman–Crippen LogP) is 0.879. The van der Waals surface area contributed by atoms with Crippen molar-refractivity contribution >= 4 is 11.8 Å². The summed E-state index contributed by atoms with van der Waals surface area (Å²) < 4.78 is 1.94. The summed E-state index contributed by atoms with van der Waals surface area (Å²) in [7, 11) is 0. The molecule has 0 radical (unpaired) electrons. The Labute approximate surface area is 128 Å². The number of rotatable bonds is 4. The maximum atomic E-state index is 12.4. The molecule has 0 aliphatic carbocycles. The number of aromatic nitrogens is 2. The molecule has 0 atom stereocenters. The quantitative estimate of drug-likeness (QED) is 0.909. The molecular formula is C16H18N4O2. The summed E-state index contributed by atoms with van der Waals surface area (Å²) in [6, 6.07) is 7.51. The monoisotopic (exact) mass is 298 g/mol. The molecule has 2 aromatic rings. The van der Waals surface area contributed by atoms with Crippen molar-refractivity contribution in [1.82, 2.24) is 14.5 Å². The molecule has 22 heavy (non-hydrogen) atoms.